The fourth-order valence-electron chi connectivity index (χ4n) is 6.24. The third-order valence-corrected chi connectivity index (χ3v) is 11.1. The maximum Gasteiger partial charge on any atom is 0.417 e. The fourth-order valence-corrected chi connectivity index (χ4v) is 8.69. The first-order chi connectivity index (χ1) is 17.2. The molecular formula is C26H33N3O5S2. The average Bonchev–Trinajstić information content (AvgIpc) is 3.42. The van der Waals surface area contributed by atoms with Crippen LogP contribution in [0.4, 0.5) is 0 Å². The maximum absolute atomic E-state index is 12.9. The summed E-state index contributed by atoms with van der Waals surface area (Å²) in [4.78, 5) is 19.5. The second-order valence-corrected chi connectivity index (χ2v) is 13.6. The number of fused-ring (bicyclic) bond motifs is 3. The van der Waals surface area contributed by atoms with Crippen LogP contribution >= 0.6 is 11.3 Å². The highest BCUT2D eigenvalue weighted by Crippen LogP contribution is 2.46. The lowest BCUT2D eigenvalue weighted by atomic mass is 9.77. The van der Waals surface area contributed by atoms with Crippen LogP contribution in [0.3, 0.4) is 0 Å². The van der Waals surface area contributed by atoms with Crippen LogP contribution in [0.2, 0.25) is 0 Å². The number of hydrogen-bond donors (Lipinski definition) is 2. The number of rotatable bonds is 6. The van der Waals surface area contributed by atoms with Crippen LogP contribution in [0, 0.1) is 5.92 Å². The summed E-state index contributed by atoms with van der Waals surface area (Å²) in [5.74, 6) is -0.112. The Labute approximate surface area is 215 Å². The van der Waals surface area contributed by atoms with Gasteiger partial charge in [0.25, 0.3) is 0 Å². The molecule has 8 nitrogen and oxygen atoms in total. The number of H-pyrrole nitrogens is 1. The van der Waals surface area contributed by atoms with Gasteiger partial charge in [0.1, 0.15) is 0 Å². The smallest absolute Gasteiger partial charge is 0.408 e. The molecule has 1 aliphatic carbocycles. The molecule has 194 valence electrons. The number of ether oxygens (including phenoxy) is 1. The van der Waals surface area contributed by atoms with Crippen LogP contribution in [-0.4, -0.2) is 50.1 Å². The Bertz CT molecular complexity index is 1440. The molecule has 0 bridgehead atoms. The number of nitrogens with zero attached hydrogens (tertiary/aromatic N) is 1. The van der Waals surface area contributed by atoms with Gasteiger partial charge in [0, 0.05) is 47.4 Å². The first-order valence-electron chi connectivity index (χ1n) is 12.9. The number of aromatic amines is 1. The monoisotopic (exact) mass is 531 g/mol. The van der Waals surface area contributed by atoms with Gasteiger partial charge < -0.3 is 14.1 Å². The molecule has 2 fully saturated rings. The van der Waals surface area contributed by atoms with Crippen molar-refractivity contribution in [1.82, 2.24) is 14.6 Å². The van der Waals surface area contributed by atoms with Crippen LogP contribution in [0.25, 0.3) is 11.1 Å². The molecule has 1 aromatic carbocycles. The number of sulfonamides is 1. The Morgan fingerprint density at radius 3 is 2.89 bits per heavy atom. The third kappa shape index (κ3) is 4.36. The first-order valence-corrected chi connectivity index (χ1v) is 15.2. The summed E-state index contributed by atoms with van der Waals surface area (Å²) in [5.41, 5.74) is 2.04. The standard InChI is InChI=1S/C26H33N3O5S2/c1-3-19-12-21-24(35-19)6-9-33-26(21)7-8-29(16(2)14-26)15-17-10-18(11-17)28-36(31,32)20-4-5-22-23(13-20)34-25(30)27-22/h4-5,12-13,16-18,28H,3,6-11,14-15H2,1-2H3,(H,27,30)/t16-,17?,18?,26+/m0/s1. The molecule has 6 rings (SSSR count). The van der Waals surface area contributed by atoms with E-state index in [1.807, 2.05) is 11.3 Å². The summed E-state index contributed by atoms with van der Waals surface area (Å²) in [7, 11) is -3.67. The Balaban J connectivity index is 1.04. The molecule has 2 aliphatic heterocycles. The highest BCUT2D eigenvalue weighted by molar-refractivity contribution is 7.89. The molecule has 4 heterocycles. The number of hydrogen-bond acceptors (Lipinski definition) is 7. The van der Waals surface area contributed by atoms with Crippen molar-refractivity contribution in [2.75, 3.05) is 19.7 Å². The first kappa shape index (κ1) is 24.4. The van der Waals surface area contributed by atoms with E-state index in [0.717, 1.165) is 58.2 Å². The third-order valence-electron chi connectivity index (χ3n) is 8.21. The lowest BCUT2D eigenvalue weighted by Crippen LogP contribution is -2.54. The van der Waals surface area contributed by atoms with E-state index in [1.165, 1.54) is 27.5 Å². The average molecular weight is 532 g/mol. The highest BCUT2D eigenvalue weighted by atomic mass is 32.2. The molecule has 10 heteroatoms. The number of oxazole rings is 1. The van der Waals surface area contributed by atoms with Gasteiger partial charge in [-0.25, -0.2) is 17.9 Å². The van der Waals surface area contributed by atoms with Crippen LogP contribution in [0.5, 0.6) is 0 Å². The van der Waals surface area contributed by atoms with Crippen molar-refractivity contribution in [3.63, 3.8) is 0 Å². The number of benzene rings is 1. The van der Waals surface area contributed by atoms with Gasteiger partial charge in [0.05, 0.1) is 22.6 Å². The van der Waals surface area contributed by atoms with E-state index in [4.69, 9.17) is 9.15 Å². The number of likely N-dealkylation sites (tertiary alicyclic amines) is 1. The molecular weight excluding hydrogens is 498 g/mol. The van der Waals surface area contributed by atoms with Crippen molar-refractivity contribution in [2.24, 2.45) is 5.92 Å². The number of nitrogens with one attached hydrogen (secondary N) is 2. The minimum Gasteiger partial charge on any atom is -0.408 e. The molecule has 3 aliphatic rings. The van der Waals surface area contributed by atoms with Crippen molar-refractivity contribution in [1.29, 1.82) is 0 Å². The van der Waals surface area contributed by atoms with Gasteiger partial charge in [0.2, 0.25) is 10.0 Å². The van der Waals surface area contributed by atoms with Gasteiger partial charge in [-0.05, 0) is 68.7 Å². The molecule has 2 atom stereocenters. The molecule has 2 aromatic heterocycles. The van der Waals surface area contributed by atoms with Gasteiger partial charge in [-0.15, -0.1) is 11.3 Å². The van der Waals surface area contributed by atoms with Gasteiger partial charge >= 0.3 is 5.76 Å². The van der Waals surface area contributed by atoms with E-state index < -0.39 is 15.8 Å². The molecule has 0 radical (unpaired) electrons. The fraction of sp³-hybridized carbons (Fsp3) is 0.577. The minimum absolute atomic E-state index is 0.0668. The molecule has 0 unspecified atom stereocenters. The summed E-state index contributed by atoms with van der Waals surface area (Å²) in [6.45, 7) is 7.35. The normalized spacial score (nSPS) is 28.9. The zero-order valence-electron chi connectivity index (χ0n) is 20.7. The van der Waals surface area contributed by atoms with E-state index in [0.29, 0.717) is 17.5 Å². The van der Waals surface area contributed by atoms with Gasteiger partial charge in [0.15, 0.2) is 5.58 Å². The van der Waals surface area contributed by atoms with Crippen LogP contribution < -0.4 is 10.5 Å². The Hall–Kier alpha value is -1.98. The second-order valence-electron chi connectivity index (χ2n) is 10.6. The van der Waals surface area contributed by atoms with Crippen LogP contribution in [0.15, 0.2) is 38.4 Å². The molecule has 2 N–H and O–H groups in total. The van der Waals surface area contributed by atoms with Crippen molar-refractivity contribution in [2.45, 2.75) is 75.0 Å². The maximum atomic E-state index is 12.9. The van der Waals surface area contributed by atoms with Crippen molar-refractivity contribution >= 4 is 32.5 Å². The molecule has 36 heavy (non-hydrogen) atoms. The van der Waals surface area contributed by atoms with E-state index in [2.05, 4.69) is 34.5 Å². The van der Waals surface area contributed by atoms with Crippen molar-refractivity contribution < 1.29 is 17.6 Å². The molecule has 1 saturated heterocycles. The molecule has 3 aromatic rings. The topological polar surface area (TPSA) is 105 Å². The molecule has 1 spiro atoms. The Kier molecular flexibility index (Phi) is 6.15. The lowest BCUT2D eigenvalue weighted by Gasteiger charge is -2.49. The van der Waals surface area contributed by atoms with Gasteiger partial charge in [-0.3, -0.25) is 4.98 Å². The summed E-state index contributed by atoms with van der Waals surface area (Å²) >= 11 is 1.96. The highest BCUT2D eigenvalue weighted by Gasteiger charge is 2.45. The lowest BCUT2D eigenvalue weighted by molar-refractivity contribution is -0.114. The van der Waals surface area contributed by atoms with E-state index in [-0.39, 0.29) is 22.1 Å². The van der Waals surface area contributed by atoms with Crippen LogP contribution in [-0.2, 0) is 33.2 Å². The summed E-state index contributed by atoms with van der Waals surface area (Å²) in [6.07, 6.45) is 5.82. The summed E-state index contributed by atoms with van der Waals surface area (Å²) < 4.78 is 40.0. The SMILES string of the molecule is CCc1cc2c(s1)CCO[C@@]21CCN(CC2CC(NS(=O)(=O)c3ccc4[nH]c(=O)oc4c3)C2)[C@@H](C)C1. The van der Waals surface area contributed by atoms with Gasteiger partial charge in [-0.1, -0.05) is 6.92 Å². The number of aryl methyl sites for hydroxylation is 1. The van der Waals surface area contributed by atoms with Crippen molar-refractivity contribution in [3.8, 4) is 0 Å². The van der Waals surface area contributed by atoms with Crippen molar-refractivity contribution in [3.05, 3.63) is 50.1 Å². The second kappa shape index (κ2) is 9.09. The van der Waals surface area contributed by atoms with Crippen LogP contribution in [0.1, 0.15) is 54.8 Å². The predicted octanol–water partition coefficient (Wildman–Crippen LogP) is 3.75. The number of piperidine rings is 1. The van der Waals surface area contributed by atoms with E-state index in [9.17, 15) is 13.2 Å². The zero-order chi connectivity index (χ0) is 25.1. The molecule has 0 amide bonds. The Morgan fingerprint density at radius 2 is 2.11 bits per heavy atom. The minimum atomic E-state index is -3.67. The zero-order valence-corrected chi connectivity index (χ0v) is 22.3. The largest absolute Gasteiger partial charge is 0.417 e. The van der Waals surface area contributed by atoms with E-state index >= 15 is 0 Å². The Morgan fingerprint density at radius 1 is 1.28 bits per heavy atom. The van der Waals surface area contributed by atoms with Gasteiger partial charge in [-0.2, -0.15) is 0 Å². The summed E-state index contributed by atoms with van der Waals surface area (Å²) in [5, 5.41) is 0. The molecule has 1 saturated carbocycles. The predicted molar refractivity (Wildman–Crippen MR) is 139 cm³/mol. The quantitative estimate of drug-likeness (QED) is 0.502. The summed E-state index contributed by atoms with van der Waals surface area (Å²) in [6, 6.07) is 7.20. The number of aromatic nitrogens is 1. The number of thiophene rings is 1. The van der Waals surface area contributed by atoms with E-state index in [1.54, 1.807) is 6.07 Å².